The van der Waals surface area contributed by atoms with Crippen molar-refractivity contribution in [3.05, 3.63) is 67.6 Å². The molecule has 0 saturated carbocycles. The minimum Gasteiger partial charge on any atom is -0.289 e. The quantitative estimate of drug-likeness (QED) is 0.683. The van der Waals surface area contributed by atoms with Crippen molar-refractivity contribution in [1.82, 2.24) is 0 Å². The van der Waals surface area contributed by atoms with Crippen LogP contribution < -0.4 is 0 Å². The average Bonchev–Trinajstić information content (AvgIpc) is 2.30. The molecule has 0 aliphatic carbocycles. The van der Waals surface area contributed by atoms with Gasteiger partial charge >= 0.3 is 0 Å². The number of halogens is 2. The summed E-state index contributed by atoms with van der Waals surface area (Å²) in [6.45, 7) is 5.96. The van der Waals surface area contributed by atoms with Gasteiger partial charge in [-0.3, -0.25) is 4.79 Å². The van der Waals surface area contributed by atoms with E-state index < -0.39 is 0 Å². The molecule has 2 rings (SSSR count). The van der Waals surface area contributed by atoms with Crippen LogP contribution in [0.1, 0.15) is 32.6 Å². The second-order valence-corrected chi connectivity index (χ2v) is 6.02. The topological polar surface area (TPSA) is 17.1 Å². The molecule has 0 aliphatic rings. The number of benzene rings is 2. The van der Waals surface area contributed by atoms with Crippen LogP contribution in [0.5, 0.6) is 0 Å². The molecule has 3 heteroatoms. The Morgan fingerprint density at radius 3 is 2.21 bits per heavy atom. The smallest absolute Gasteiger partial charge is 0.194 e. The van der Waals surface area contributed by atoms with E-state index in [9.17, 15) is 4.79 Å². The molecule has 0 spiro atoms. The normalized spacial score (nSPS) is 10.6. The highest BCUT2D eigenvalue weighted by atomic mass is 79.9. The molecule has 0 saturated heterocycles. The Labute approximate surface area is 126 Å². The standard InChI is InChI=1S/C16H14BrClO/c1-9-6-10(2)15(11(3)7-9)16(19)13-8-12(18)4-5-14(13)17/h4-8H,1-3H3. The summed E-state index contributed by atoms with van der Waals surface area (Å²) in [6.07, 6.45) is 0. The van der Waals surface area contributed by atoms with Gasteiger partial charge in [-0.25, -0.2) is 0 Å². The van der Waals surface area contributed by atoms with E-state index in [1.165, 1.54) is 0 Å². The lowest BCUT2D eigenvalue weighted by Crippen LogP contribution is -2.07. The minimum absolute atomic E-state index is 0.00405. The van der Waals surface area contributed by atoms with Gasteiger partial charge in [0.15, 0.2) is 5.78 Å². The van der Waals surface area contributed by atoms with E-state index in [2.05, 4.69) is 15.9 Å². The number of rotatable bonds is 2. The molecular weight excluding hydrogens is 324 g/mol. The molecule has 2 aromatic carbocycles. The first-order valence-corrected chi connectivity index (χ1v) is 7.15. The Morgan fingerprint density at radius 2 is 1.63 bits per heavy atom. The van der Waals surface area contributed by atoms with Gasteiger partial charge < -0.3 is 0 Å². The van der Waals surface area contributed by atoms with Gasteiger partial charge in [-0.15, -0.1) is 0 Å². The van der Waals surface area contributed by atoms with Crippen LogP contribution in [-0.4, -0.2) is 5.78 Å². The zero-order valence-corrected chi connectivity index (χ0v) is 13.4. The number of aryl methyl sites for hydroxylation is 3. The first kappa shape index (κ1) is 14.3. The van der Waals surface area contributed by atoms with Crippen LogP contribution in [0, 0.1) is 20.8 Å². The summed E-state index contributed by atoms with van der Waals surface area (Å²) in [5, 5.41) is 0.564. The predicted octanol–water partition coefficient (Wildman–Crippen LogP) is 5.26. The van der Waals surface area contributed by atoms with Crippen molar-refractivity contribution in [2.24, 2.45) is 0 Å². The maximum absolute atomic E-state index is 12.7. The van der Waals surface area contributed by atoms with Gasteiger partial charge in [0.1, 0.15) is 0 Å². The molecule has 0 aromatic heterocycles. The van der Waals surface area contributed by atoms with Crippen molar-refractivity contribution in [3.63, 3.8) is 0 Å². The Morgan fingerprint density at radius 1 is 1.05 bits per heavy atom. The zero-order valence-electron chi connectivity index (χ0n) is 11.1. The Bertz CT molecular complexity index is 639. The van der Waals surface area contributed by atoms with Gasteiger partial charge in [0.2, 0.25) is 0 Å². The third-order valence-corrected chi connectivity index (χ3v) is 4.00. The van der Waals surface area contributed by atoms with Crippen molar-refractivity contribution in [2.45, 2.75) is 20.8 Å². The van der Waals surface area contributed by atoms with Gasteiger partial charge in [-0.2, -0.15) is 0 Å². The van der Waals surface area contributed by atoms with E-state index in [1.54, 1.807) is 18.2 Å². The van der Waals surface area contributed by atoms with E-state index in [1.807, 2.05) is 32.9 Å². The third-order valence-electron chi connectivity index (χ3n) is 3.08. The molecule has 0 heterocycles. The maximum Gasteiger partial charge on any atom is 0.194 e. The van der Waals surface area contributed by atoms with Crippen LogP contribution in [-0.2, 0) is 0 Å². The lowest BCUT2D eigenvalue weighted by molar-refractivity contribution is 0.103. The van der Waals surface area contributed by atoms with E-state index in [4.69, 9.17) is 11.6 Å². The molecule has 0 amide bonds. The van der Waals surface area contributed by atoms with E-state index in [0.717, 1.165) is 26.7 Å². The summed E-state index contributed by atoms with van der Waals surface area (Å²) in [7, 11) is 0. The van der Waals surface area contributed by atoms with E-state index in [0.29, 0.717) is 10.6 Å². The predicted molar refractivity (Wildman–Crippen MR) is 83.2 cm³/mol. The first-order chi connectivity index (χ1) is 8.90. The number of hydrogen-bond acceptors (Lipinski definition) is 1. The van der Waals surface area contributed by atoms with Gasteiger partial charge in [0, 0.05) is 20.6 Å². The number of hydrogen-bond donors (Lipinski definition) is 0. The SMILES string of the molecule is Cc1cc(C)c(C(=O)c2cc(Cl)ccc2Br)c(C)c1. The summed E-state index contributed by atoms with van der Waals surface area (Å²) < 4.78 is 0.765. The van der Waals surface area contributed by atoms with E-state index >= 15 is 0 Å². The molecule has 0 fully saturated rings. The van der Waals surface area contributed by atoms with Crippen molar-refractivity contribution in [2.75, 3.05) is 0 Å². The van der Waals surface area contributed by atoms with Gasteiger partial charge in [-0.05, 0) is 50.1 Å². The van der Waals surface area contributed by atoms with Crippen LogP contribution in [0.3, 0.4) is 0 Å². The second-order valence-electron chi connectivity index (χ2n) is 4.73. The highest BCUT2D eigenvalue weighted by Crippen LogP contribution is 2.26. The Hall–Kier alpha value is -1.12. The molecule has 0 bridgehead atoms. The molecule has 1 nitrogen and oxygen atoms in total. The fraction of sp³-hybridized carbons (Fsp3) is 0.188. The summed E-state index contributed by atoms with van der Waals surface area (Å²) in [6, 6.07) is 9.32. The van der Waals surface area contributed by atoms with Crippen LogP contribution in [0.25, 0.3) is 0 Å². The fourth-order valence-corrected chi connectivity index (χ4v) is 2.94. The first-order valence-electron chi connectivity index (χ1n) is 5.97. The van der Waals surface area contributed by atoms with Crippen molar-refractivity contribution < 1.29 is 4.79 Å². The molecule has 0 radical (unpaired) electrons. The van der Waals surface area contributed by atoms with Crippen molar-refractivity contribution >= 4 is 33.3 Å². The second kappa shape index (κ2) is 5.48. The van der Waals surface area contributed by atoms with E-state index in [-0.39, 0.29) is 5.78 Å². The average molecular weight is 338 g/mol. The maximum atomic E-state index is 12.7. The molecule has 2 aromatic rings. The fourth-order valence-electron chi connectivity index (χ4n) is 2.34. The highest BCUT2D eigenvalue weighted by molar-refractivity contribution is 9.10. The van der Waals surface area contributed by atoms with Gasteiger partial charge in [-0.1, -0.05) is 45.2 Å². The monoisotopic (exact) mass is 336 g/mol. The Kier molecular flexibility index (Phi) is 4.12. The lowest BCUT2D eigenvalue weighted by Gasteiger charge is -2.11. The highest BCUT2D eigenvalue weighted by Gasteiger charge is 2.17. The van der Waals surface area contributed by atoms with Crippen LogP contribution >= 0.6 is 27.5 Å². The van der Waals surface area contributed by atoms with Crippen molar-refractivity contribution in [1.29, 1.82) is 0 Å². The molecule has 19 heavy (non-hydrogen) atoms. The van der Waals surface area contributed by atoms with Crippen LogP contribution in [0.2, 0.25) is 5.02 Å². The number of carbonyl (C=O) groups is 1. The van der Waals surface area contributed by atoms with Crippen molar-refractivity contribution in [3.8, 4) is 0 Å². The zero-order chi connectivity index (χ0) is 14.2. The summed E-state index contributed by atoms with van der Waals surface area (Å²) in [5.41, 5.74) is 4.51. The molecule has 0 unspecified atom stereocenters. The van der Waals surface area contributed by atoms with Gasteiger partial charge in [0.05, 0.1) is 0 Å². The van der Waals surface area contributed by atoms with Gasteiger partial charge in [0.25, 0.3) is 0 Å². The summed E-state index contributed by atoms with van der Waals surface area (Å²) >= 11 is 9.39. The number of carbonyl (C=O) groups excluding carboxylic acids is 1. The van der Waals surface area contributed by atoms with Crippen LogP contribution in [0.4, 0.5) is 0 Å². The largest absolute Gasteiger partial charge is 0.289 e. The summed E-state index contributed by atoms with van der Waals surface area (Å²) in [5.74, 6) is 0.00405. The molecule has 0 atom stereocenters. The Balaban J connectivity index is 2.59. The summed E-state index contributed by atoms with van der Waals surface area (Å²) in [4.78, 5) is 12.7. The molecule has 98 valence electrons. The minimum atomic E-state index is 0.00405. The molecule has 0 N–H and O–H groups in total. The lowest BCUT2D eigenvalue weighted by atomic mass is 9.93. The van der Waals surface area contributed by atoms with Crippen LogP contribution in [0.15, 0.2) is 34.8 Å². The molecular formula is C16H14BrClO. The third kappa shape index (κ3) is 2.90. The number of ketones is 1. The molecule has 0 aliphatic heterocycles.